The van der Waals surface area contributed by atoms with Crippen molar-refractivity contribution in [2.24, 2.45) is 5.41 Å². The molecular weight excluding hydrogens is 184 g/mol. The molecule has 1 aliphatic heterocycles. The van der Waals surface area contributed by atoms with E-state index in [0.717, 1.165) is 13.1 Å². The van der Waals surface area contributed by atoms with Gasteiger partial charge in [-0.1, -0.05) is 20.8 Å². The van der Waals surface area contributed by atoms with Crippen molar-refractivity contribution in [1.29, 1.82) is 0 Å². The van der Waals surface area contributed by atoms with Crippen LogP contribution in [-0.2, 0) is 0 Å². The number of hydrogen-bond acceptors (Lipinski definition) is 2. The molecule has 0 aromatic rings. The summed E-state index contributed by atoms with van der Waals surface area (Å²) >= 11 is 0. The Morgan fingerprint density at radius 1 is 1.33 bits per heavy atom. The van der Waals surface area contributed by atoms with Crippen molar-refractivity contribution >= 4 is 0 Å². The van der Waals surface area contributed by atoms with Gasteiger partial charge in [0.2, 0.25) is 0 Å². The lowest BCUT2D eigenvalue weighted by Gasteiger charge is -2.37. The molecule has 1 atom stereocenters. The zero-order chi connectivity index (χ0) is 11.5. The van der Waals surface area contributed by atoms with E-state index in [1.54, 1.807) is 0 Å². The van der Waals surface area contributed by atoms with Gasteiger partial charge in [-0.2, -0.15) is 0 Å². The minimum Gasteiger partial charge on any atom is -0.314 e. The summed E-state index contributed by atoms with van der Waals surface area (Å²) in [5.74, 6) is 0. The van der Waals surface area contributed by atoms with Crippen LogP contribution < -0.4 is 10.6 Å². The molecule has 1 saturated heterocycles. The quantitative estimate of drug-likeness (QED) is 0.751. The van der Waals surface area contributed by atoms with Gasteiger partial charge in [-0.05, 0) is 51.6 Å². The van der Waals surface area contributed by atoms with Crippen molar-refractivity contribution in [2.75, 3.05) is 13.1 Å². The Bertz CT molecular complexity index is 191. The number of nitrogens with one attached hydrogen (secondary N) is 2. The molecule has 0 aliphatic carbocycles. The highest BCUT2D eigenvalue weighted by atomic mass is 15.0. The fourth-order valence-electron chi connectivity index (χ4n) is 2.20. The summed E-state index contributed by atoms with van der Waals surface area (Å²) in [5.41, 5.74) is 0.771. The summed E-state index contributed by atoms with van der Waals surface area (Å²) in [6, 6.07) is 0.712. The summed E-state index contributed by atoms with van der Waals surface area (Å²) in [6.07, 6.45) is 3.78. The molecule has 0 aromatic carbocycles. The van der Waals surface area contributed by atoms with Crippen molar-refractivity contribution in [1.82, 2.24) is 10.6 Å². The van der Waals surface area contributed by atoms with Crippen molar-refractivity contribution < 1.29 is 0 Å². The maximum atomic E-state index is 3.69. The third kappa shape index (κ3) is 5.53. The fraction of sp³-hybridized carbons (Fsp3) is 1.00. The van der Waals surface area contributed by atoms with Crippen LogP contribution in [0.5, 0.6) is 0 Å². The zero-order valence-corrected chi connectivity index (χ0v) is 11.1. The number of hydrogen-bond donors (Lipinski definition) is 2. The van der Waals surface area contributed by atoms with Crippen LogP contribution in [0.4, 0.5) is 0 Å². The second kappa shape index (κ2) is 4.84. The molecule has 0 radical (unpaired) electrons. The van der Waals surface area contributed by atoms with Crippen LogP contribution in [0.15, 0.2) is 0 Å². The second-order valence-corrected chi connectivity index (χ2v) is 6.77. The molecule has 1 heterocycles. The smallest absolute Gasteiger partial charge is 0.0139 e. The standard InChI is InChI=1S/C13H28N2/c1-12(2,3)7-9-14-11-6-8-15-13(4,5)10-11/h11,14-15H,6-10H2,1-5H3. The van der Waals surface area contributed by atoms with Crippen LogP contribution in [0.1, 0.15) is 53.9 Å². The van der Waals surface area contributed by atoms with Gasteiger partial charge in [-0.25, -0.2) is 0 Å². The van der Waals surface area contributed by atoms with Gasteiger partial charge < -0.3 is 10.6 Å². The topological polar surface area (TPSA) is 24.1 Å². The number of rotatable bonds is 3. The fourth-order valence-corrected chi connectivity index (χ4v) is 2.20. The monoisotopic (exact) mass is 212 g/mol. The summed E-state index contributed by atoms with van der Waals surface area (Å²) in [5, 5.41) is 7.25. The molecule has 0 spiro atoms. The van der Waals surface area contributed by atoms with E-state index < -0.39 is 0 Å². The first-order valence-corrected chi connectivity index (χ1v) is 6.27. The van der Waals surface area contributed by atoms with Gasteiger partial charge in [0.1, 0.15) is 0 Å². The van der Waals surface area contributed by atoms with Crippen molar-refractivity contribution in [3.05, 3.63) is 0 Å². The molecule has 2 N–H and O–H groups in total. The molecule has 0 bridgehead atoms. The van der Waals surface area contributed by atoms with E-state index in [2.05, 4.69) is 45.3 Å². The van der Waals surface area contributed by atoms with Gasteiger partial charge in [0.05, 0.1) is 0 Å². The van der Waals surface area contributed by atoms with Gasteiger partial charge >= 0.3 is 0 Å². The Morgan fingerprint density at radius 2 is 2.00 bits per heavy atom. The summed E-state index contributed by atoms with van der Waals surface area (Å²) < 4.78 is 0. The van der Waals surface area contributed by atoms with Crippen LogP contribution in [0.2, 0.25) is 0 Å². The third-order valence-corrected chi connectivity index (χ3v) is 3.16. The summed E-state index contributed by atoms with van der Waals surface area (Å²) in [7, 11) is 0. The van der Waals surface area contributed by atoms with Crippen LogP contribution in [0.25, 0.3) is 0 Å². The first kappa shape index (κ1) is 13.0. The van der Waals surface area contributed by atoms with Crippen LogP contribution in [0.3, 0.4) is 0 Å². The Hall–Kier alpha value is -0.0800. The average Bonchev–Trinajstić information content (AvgIpc) is 1.99. The van der Waals surface area contributed by atoms with E-state index in [4.69, 9.17) is 0 Å². The molecule has 1 aliphatic rings. The normalized spacial score (nSPS) is 26.6. The van der Waals surface area contributed by atoms with Gasteiger partial charge in [0.25, 0.3) is 0 Å². The molecule has 15 heavy (non-hydrogen) atoms. The molecule has 1 fully saturated rings. The molecule has 90 valence electrons. The predicted octanol–water partition coefficient (Wildman–Crippen LogP) is 2.54. The molecule has 2 heteroatoms. The van der Waals surface area contributed by atoms with E-state index in [9.17, 15) is 0 Å². The maximum Gasteiger partial charge on any atom is 0.0139 e. The molecule has 0 amide bonds. The van der Waals surface area contributed by atoms with E-state index in [1.807, 2.05) is 0 Å². The molecule has 1 rings (SSSR count). The Labute approximate surface area is 95.2 Å². The van der Waals surface area contributed by atoms with E-state index >= 15 is 0 Å². The Morgan fingerprint density at radius 3 is 2.53 bits per heavy atom. The zero-order valence-electron chi connectivity index (χ0n) is 11.1. The van der Waals surface area contributed by atoms with Crippen molar-refractivity contribution in [3.8, 4) is 0 Å². The lowest BCUT2D eigenvalue weighted by molar-refractivity contribution is 0.240. The molecule has 1 unspecified atom stereocenters. The molecular formula is C13H28N2. The van der Waals surface area contributed by atoms with Crippen molar-refractivity contribution in [3.63, 3.8) is 0 Å². The maximum absolute atomic E-state index is 3.69. The van der Waals surface area contributed by atoms with E-state index in [-0.39, 0.29) is 0 Å². The molecule has 2 nitrogen and oxygen atoms in total. The van der Waals surface area contributed by atoms with Gasteiger partial charge in [0.15, 0.2) is 0 Å². The van der Waals surface area contributed by atoms with Crippen LogP contribution >= 0.6 is 0 Å². The van der Waals surface area contributed by atoms with E-state index in [1.165, 1.54) is 19.3 Å². The summed E-state index contributed by atoms with van der Waals surface area (Å²) in [6.45, 7) is 13.8. The minimum atomic E-state index is 0.317. The minimum absolute atomic E-state index is 0.317. The predicted molar refractivity (Wildman–Crippen MR) is 67.2 cm³/mol. The van der Waals surface area contributed by atoms with Crippen LogP contribution in [0, 0.1) is 5.41 Å². The lowest BCUT2D eigenvalue weighted by Crippen LogP contribution is -2.52. The lowest BCUT2D eigenvalue weighted by atomic mass is 9.88. The Kier molecular flexibility index (Phi) is 4.19. The highest BCUT2D eigenvalue weighted by Gasteiger charge is 2.26. The van der Waals surface area contributed by atoms with E-state index in [0.29, 0.717) is 17.0 Å². The average molecular weight is 212 g/mol. The Balaban J connectivity index is 2.22. The first-order valence-electron chi connectivity index (χ1n) is 6.27. The first-order chi connectivity index (χ1) is 6.79. The van der Waals surface area contributed by atoms with Gasteiger partial charge in [0, 0.05) is 11.6 Å². The second-order valence-electron chi connectivity index (χ2n) is 6.77. The van der Waals surface area contributed by atoms with Crippen LogP contribution in [-0.4, -0.2) is 24.7 Å². The highest BCUT2D eigenvalue weighted by Crippen LogP contribution is 2.20. The van der Waals surface area contributed by atoms with Gasteiger partial charge in [-0.3, -0.25) is 0 Å². The highest BCUT2D eigenvalue weighted by molar-refractivity contribution is 4.89. The molecule has 0 aromatic heterocycles. The number of piperidine rings is 1. The molecule has 0 saturated carbocycles. The van der Waals surface area contributed by atoms with Crippen molar-refractivity contribution in [2.45, 2.75) is 65.5 Å². The SMILES string of the molecule is CC(C)(C)CCNC1CCNC(C)(C)C1. The summed E-state index contributed by atoms with van der Waals surface area (Å²) in [4.78, 5) is 0. The third-order valence-electron chi connectivity index (χ3n) is 3.16. The van der Waals surface area contributed by atoms with Gasteiger partial charge in [-0.15, -0.1) is 0 Å². The largest absolute Gasteiger partial charge is 0.314 e.